The van der Waals surface area contributed by atoms with Crippen molar-refractivity contribution in [1.82, 2.24) is 0 Å². The Morgan fingerprint density at radius 3 is 2.18 bits per heavy atom. The van der Waals surface area contributed by atoms with Gasteiger partial charge in [0.1, 0.15) is 5.75 Å². The van der Waals surface area contributed by atoms with E-state index >= 15 is 0 Å². The molecule has 1 aromatic carbocycles. The largest absolute Gasteiger partial charge is 0.497 e. The molecule has 1 aromatic rings. The second-order valence-electron chi connectivity index (χ2n) is 7.09. The second-order valence-corrected chi connectivity index (χ2v) is 11.9. The number of ether oxygens (including phenoxy) is 2. The lowest BCUT2D eigenvalue weighted by Gasteiger charge is -2.36. The van der Waals surface area contributed by atoms with E-state index in [2.05, 4.69) is 33.9 Å². The molecule has 0 heterocycles. The minimum Gasteiger partial charge on any atom is -0.497 e. The van der Waals surface area contributed by atoms with Crippen molar-refractivity contribution in [3.8, 4) is 5.75 Å². The number of methoxy groups -OCH3 is 1. The number of hydrogen-bond acceptors (Lipinski definition) is 4. The average Bonchev–Trinajstić information content (AvgIpc) is 2.45. The summed E-state index contributed by atoms with van der Waals surface area (Å²) in [4.78, 5) is 0. The summed E-state index contributed by atoms with van der Waals surface area (Å²) < 4.78 is 16.6. The van der Waals surface area contributed by atoms with E-state index in [1.165, 1.54) is 0 Å². The molecule has 0 bridgehead atoms. The maximum Gasteiger partial charge on any atom is 0.192 e. The van der Waals surface area contributed by atoms with Gasteiger partial charge in [-0.15, -0.1) is 0 Å². The minimum absolute atomic E-state index is 0.149. The fraction of sp³-hybridized carbons (Fsp3) is 0.647. The van der Waals surface area contributed by atoms with Crippen LogP contribution in [0.2, 0.25) is 18.1 Å². The van der Waals surface area contributed by atoms with Gasteiger partial charge in [-0.3, -0.25) is 0 Å². The van der Waals surface area contributed by atoms with Crippen LogP contribution in [-0.4, -0.2) is 39.9 Å². The monoisotopic (exact) mass is 326 g/mol. The standard InChI is InChI=1S/C17H30O4Si/c1-17(2,3)22(5,6)21-13-15(18)12-20-11-14-7-9-16(19-4)10-8-14/h7-10,15,18H,11-13H2,1-6H3/t15-/m0/s1. The van der Waals surface area contributed by atoms with Gasteiger partial charge in [0.2, 0.25) is 0 Å². The Morgan fingerprint density at radius 1 is 1.09 bits per heavy atom. The topological polar surface area (TPSA) is 47.9 Å². The number of aliphatic hydroxyl groups excluding tert-OH is 1. The first kappa shape index (κ1) is 19.2. The van der Waals surface area contributed by atoms with Crippen LogP contribution in [0.3, 0.4) is 0 Å². The summed E-state index contributed by atoms with van der Waals surface area (Å²) in [6, 6.07) is 7.71. The van der Waals surface area contributed by atoms with E-state index in [1.807, 2.05) is 24.3 Å². The summed E-state index contributed by atoms with van der Waals surface area (Å²) in [6.45, 7) is 12.0. The Labute approximate surface area is 135 Å². The van der Waals surface area contributed by atoms with Crippen LogP contribution in [0.25, 0.3) is 0 Å². The van der Waals surface area contributed by atoms with Crippen molar-refractivity contribution in [2.24, 2.45) is 0 Å². The minimum atomic E-state index is -1.81. The molecule has 1 atom stereocenters. The zero-order valence-corrected chi connectivity index (χ0v) is 15.7. The molecule has 0 aliphatic rings. The average molecular weight is 327 g/mol. The predicted octanol–water partition coefficient (Wildman–Crippen LogP) is 3.59. The lowest BCUT2D eigenvalue weighted by Crippen LogP contribution is -2.43. The number of aliphatic hydroxyl groups is 1. The van der Waals surface area contributed by atoms with E-state index in [1.54, 1.807) is 7.11 Å². The van der Waals surface area contributed by atoms with Crippen LogP contribution < -0.4 is 4.74 Å². The zero-order chi connectivity index (χ0) is 16.8. The van der Waals surface area contributed by atoms with Gasteiger partial charge in [0.05, 0.1) is 33.0 Å². The molecule has 22 heavy (non-hydrogen) atoms. The van der Waals surface area contributed by atoms with Crippen molar-refractivity contribution >= 4 is 8.32 Å². The van der Waals surface area contributed by atoms with Gasteiger partial charge in [0.25, 0.3) is 0 Å². The SMILES string of the molecule is COc1ccc(COC[C@H](O)CO[Si](C)(C)C(C)(C)C)cc1. The van der Waals surface area contributed by atoms with Crippen LogP contribution in [0.4, 0.5) is 0 Å². The summed E-state index contributed by atoms with van der Waals surface area (Å²) in [5.74, 6) is 0.826. The molecular formula is C17H30O4Si. The third-order valence-electron chi connectivity index (χ3n) is 4.18. The van der Waals surface area contributed by atoms with Gasteiger partial charge < -0.3 is 19.0 Å². The highest BCUT2D eigenvalue weighted by atomic mass is 28.4. The van der Waals surface area contributed by atoms with E-state index in [0.29, 0.717) is 13.2 Å². The summed E-state index contributed by atoms with van der Waals surface area (Å²) >= 11 is 0. The number of hydrogen-bond donors (Lipinski definition) is 1. The van der Waals surface area contributed by atoms with Crippen molar-refractivity contribution in [3.05, 3.63) is 29.8 Å². The molecule has 0 saturated carbocycles. The van der Waals surface area contributed by atoms with E-state index in [4.69, 9.17) is 13.9 Å². The van der Waals surface area contributed by atoms with Crippen LogP contribution in [0.15, 0.2) is 24.3 Å². The molecule has 0 aromatic heterocycles. The summed E-state index contributed by atoms with van der Waals surface area (Å²) in [5, 5.41) is 10.1. The first-order chi connectivity index (χ1) is 10.2. The quantitative estimate of drug-likeness (QED) is 0.742. The highest BCUT2D eigenvalue weighted by molar-refractivity contribution is 6.74. The molecule has 0 unspecified atom stereocenters. The van der Waals surface area contributed by atoms with Crippen LogP contribution in [0, 0.1) is 0 Å². The zero-order valence-electron chi connectivity index (χ0n) is 14.7. The van der Waals surface area contributed by atoms with Gasteiger partial charge in [-0.05, 0) is 35.8 Å². The third kappa shape index (κ3) is 6.08. The molecule has 4 nitrogen and oxygen atoms in total. The second kappa shape index (κ2) is 8.11. The summed E-state index contributed by atoms with van der Waals surface area (Å²) in [7, 11) is -0.168. The fourth-order valence-electron chi connectivity index (χ4n) is 1.60. The third-order valence-corrected chi connectivity index (χ3v) is 8.68. The predicted molar refractivity (Wildman–Crippen MR) is 91.8 cm³/mol. The van der Waals surface area contributed by atoms with Crippen molar-refractivity contribution in [2.75, 3.05) is 20.3 Å². The van der Waals surface area contributed by atoms with E-state index < -0.39 is 14.4 Å². The first-order valence-corrected chi connectivity index (χ1v) is 10.6. The van der Waals surface area contributed by atoms with Crippen LogP contribution in [-0.2, 0) is 15.8 Å². The van der Waals surface area contributed by atoms with E-state index in [9.17, 15) is 5.11 Å². The molecule has 1 rings (SSSR count). The Hall–Kier alpha value is -0.883. The Kier molecular flexibility index (Phi) is 7.06. The lowest BCUT2D eigenvalue weighted by atomic mass is 10.2. The normalized spacial score (nSPS) is 14.0. The van der Waals surface area contributed by atoms with Gasteiger partial charge in [-0.2, -0.15) is 0 Å². The summed E-state index contributed by atoms with van der Waals surface area (Å²) in [6.07, 6.45) is -0.590. The molecule has 1 N–H and O–H groups in total. The Morgan fingerprint density at radius 2 is 1.68 bits per heavy atom. The lowest BCUT2D eigenvalue weighted by molar-refractivity contribution is 0.00275. The highest BCUT2D eigenvalue weighted by Crippen LogP contribution is 2.36. The van der Waals surface area contributed by atoms with Crippen molar-refractivity contribution in [2.45, 2.75) is 51.6 Å². The molecule has 0 aliphatic heterocycles. The van der Waals surface area contributed by atoms with Crippen molar-refractivity contribution < 1.29 is 19.0 Å². The number of benzene rings is 1. The van der Waals surface area contributed by atoms with Gasteiger partial charge in [0.15, 0.2) is 8.32 Å². The maximum absolute atomic E-state index is 9.99. The fourth-order valence-corrected chi connectivity index (χ4v) is 2.65. The van der Waals surface area contributed by atoms with Gasteiger partial charge in [0, 0.05) is 0 Å². The van der Waals surface area contributed by atoms with E-state index in [0.717, 1.165) is 11.3 Å². The maximum atomic E-state index is 9.99. The molecule has 5 heteroatoms. The number of rotatable bonds is 8. The van der Waals surface area contributed by atoms with Crippen LogP contribution in [0.1, 0.15) is 26.3 Å². The van der Waals surface area contributed by atoms with Gasteiger partial charge in [-0.25, -0.2) is 0 Å². The van der Waals surface area contributed by atoms with Gasteiger partial charge >= 0.3 is 0 Å². The molecule has 0 amide bonds. The van der Waals surface area contributed by atoms with Crippen molar-refractivity contribution in [3.63, 3.8) is 0 Å². The smallest absolute Gasteiger partial charge is 0.192 e. The molecule has 126 valence electrons. The summed E-state index contributed by atoms with van der Waals surface area (Å²) in [5.41, 5.74) is 1.05. The van der Waals surface area contributed by atoms with Crippen LogP contribution >= 0.6 is 0 Å². The molecule has 0 aliphatic carbocycles. The molecular weight excluding hydrogens is 296 g/mol. The molecule has 0 fully saturated rings. The van der Waals surface area contributed by atoms with Gasteiger partial charge in [-0.1, -0.05) is 32.9 Å². The van der Waals surface area contributed by atoms with E-state index in [-0.39, 0.29) is 11.6 Å². The first-order valence-electron chi connectivity index (χ1n) is 7.68. The van der Waals surface area contributed by atoms with Crippen molar-refractivity contribution in [1.29, 1.82) is 0 Å². The van der Waals surface area contributed by atoms with Crippen LogP contribution in [0.5, 0.6) is 5.75 Å². The Balaban J connectivity index is 2.30. The molecule has 0 spiro atoms. The molecule has 0 radical (unpaired) electrons. The Bertz CT molecular complexity index is 437. The molecule has 0 saturated heterocycles. The highest BCUT2D eigenvalue weighted by Gasteiger charge is 2.37.